The molecular formula is C15H17NOS. The third-order valence-corrected chi connectivity index (χ3v) is 4.28. The van der Waals surface area contributed by atoms with Crippen LogP contribution in [0.15, 0.2) is 36.4 Å². The number of carbonyl (C=O) groups is 1. The van der Waals surface area contributed by atoms with Crippen molar-refractivity contribution in [2.75, 3.05) is 5.73 Å². The first kappa shape index (κ1) is 12.8. The highest BCUT2D eigenvalue weighted by Crippen LogP contribution is 2.31. The molecule has 0 atom stereocenters. The smallest absolute Gasteiger partial charge is 0.205 e. The van der Waals surface area contributed by atoms with Gasteiger partial charge in [0.1, 0.15) is 0 Å². The first-order valence-electron chi connectivity index (χ1n) is 5.89. The van der Waals surface area contributed by atoms with E-state index in [0.29, 0.717) is 11.3 Å². The molecule has 3 heteroatoms. The van der Waals surface area contributed by atoms with Gasteiger partial charge in [-0.1, -0.05) is 32.9 Å². The van der Waals surface area contributed by atoms with Gasteiger partial charge in [0.25, 0.3) is 0 Å². The highest BCUT2D eigenvalue weighted by molar-refractivity contribution is 7.14. The quantitative estimate of drug-likeness (QED) is 0.657. The first-order valence-corrected chi connectivity index (χ1v) is 6.71. The molecule has 0 amide bonds. The molecule has 1 aromatic heterocycles. The average Bonchev–Trinajstić information content (AvgIpc) is 2.77. The van der Waals surface area contributed by atoms with Crippen molar-refractivity contribution in [3.63, 3.8) is 0 Å². The fourth-order valence-electron chi connectivity index (χ4n) is 1.70. The van der Waals surface area contributed by atoms with Gasteiger partial charge >= 0.3 is 0 Å². The summed E-state index contributed by atoms with van der Waals surface area (Å²) in [7, 11) is 0. The molecule has 0 unspecified atom stereocenters. The monoisotopic (exact) mass is 259 g/mol. The molecule has 0 aliphatic rings. The van der Waals surface area contributed by atoms with Gasteiger partial charge in [0.05, 0.1) is 4.88 Å². The van der Waals surface area contributed by atoms with E-state index in [1.807, 2.05) is 24.3 Å². The SMILES string of the molecule is CC(C)(C)c1ccc(C(=O)c2ccccc2N)s1. The third-order valence-electron chi connectivity index (χ3n) is 2.77. The van der Waals surface area contributed by atoms with Crippen molar-refractivity contribution in [2.45, 2.75) is 26.2 Å². The summed E-state index contributed by atoms with van der Waals surface area (Å²) < 4.78 is 0. The van der Waals surface area contributed by atoms with Crippen molar-refractivity contribution < 1.29 is 4.79 Å². The number of ketones is 1. The van der Waals surface area contributed by atoms with Crippen LogP contribution in [-0.4, -0.2) is 5.78 Å². The van der Waals surface area contributed by atoms with Crippen LogP contribution in [0, 0.1) is 0 Å². The third kappa shape index (κ3) is 2.46. The zero-order valence-corrected chi connectivity index (χ0v) is 11.7. The fourth-order valence-corrected chi connectivity index (χ4v) is 2.72. The second-order valence-corrected chi connectivity index (χ2v) is 6.41. The summed E-state index contributed by atoms with van der Waals surface area (Å²) in [5, 5.41) is 0. The lowest BCUT2D eigenvalue weighted by Crippen LogP contribution is -2.08. The van der Waals surface area contributed by atoms with Crippen LogP contribution >= 0.6 is 11.3 Å². The largest absolute Gasteiger partial charge is 0.398 e. The predicted molar refractivity (Wildman–Crippen MR) is 77.3 cm³/mol. The van der Waals surface area contributed by atoms with Gasteiger partial charge in [0, 0.05) is 16.1 Å². The van der Waals surface area contributed by atoms with Gasteiger partial charge in [-0.25, -0.2) is 0 Å². The lowest BCUT2D eigenvalue weighted by molar-refractivity contribution is 0.104. The Kier molecular flexibility index (Phi) is 3.26. The van der Waals surface area contributed by atoms with Crippen LogP contribution in [0.4, 0.5) is 5.69 Å². The molecular weight excluding hydrogens is 242 g/mol. The van der Waals surface area contributed by atoms with Gasteiger partial charge in [-0.15, -0.1) is 11.3 Å². The number of rotatable bonds is 2. The normalized spacial score (nSPS) is 11.5. The van der Waals surface area contributed by atoms with E-state index in [-0.39, 0.29) is 11.2 Å². The van der Waals surface area contributed by atoms with Crippen molar-refractivity contribution in [1.29, 1.82) is 0 Å². The molecule has 0 aliphatic carbocycles. The molecule has 1 heterocycles. The van der Waals surface area contributed by atoms with Crippen LogP contribution in [0.2, 0.25) is 0 Å². The molecule has 2 aromatic rings. The lowest BCUT2D eigenvalue weighted by atomic mass is 9.95. The Hall–Kier alpha value is -1.61. The second-order valence-electron chi connectivity index (χ2n) is 5.33. The number of anilines is 1. The number of nitrogen functional groups attached to an aromatic ring is 1. The number of hydrogen-bond acceptors (Lipinski definition) is 3. The van der Waals surface area contributed by atoms with E-state index in [9.17, 15) is 4.79 Å². The van der Waals surface area contributed by atoms with E-state index in [4.69, 9.17) is 5.73 Å². The molecule has 0 radical (unpaired) electrons. The van der Waals surface area contributed by atoms with Crippen LogP contribution in [0.5, 0.6) is 0 Å². The van der Waals surface area contributed by atoms with Crippen molar-refractivity contribution in [1.82, 2.24) is 0 Å². The van der Waals surface area contributed by atoms with Crippen LogP contribution in [0.25, 0.3) is 0 Å². The van der Waals surface area contributed by atoms with Crippen LogP contribution in [0.1, 0.15) is 40.9 Å². The van der Waals surface area contributed by atoms with E-state index in [1.54, 1.807) is 23.5 Å². The number of nitrogens with two attached hydrogens (primary N) is 1. The molecule has 2 rings (SSSR count). The Morgan fingerprint density at radius 3 is 2.33 bits per heavy atom. The zero-order chi connectivity index (χ0) is 13.3. The highest BCUT2D eigenvalue weighted by Gasteiger charge is 2.19. The van der Waals surface area contributed by atoms with E-state index in [2.05, 4.69) is 20.8 Å². The van der Waals surface area contributed by atoms with E-state index >= 15 is 0 Å². The Balaban J connectivity index is 2.36. The summed E-state index contributed by atoms with van der Waals surface area (Å²) in [4.78, 5) is 14.3. The summed E-state index contributed by atoms with van der Waals surface area (Å²) in [6.45, 7) is 6.43. The molecule has 0 saturated heterocycles. The van der Waals surface area contributed by atoms with Gasteiger partial charge in [-0.05, 0) is 29.7 Å². The number of benzene rings is 1. The van der Waals surface area contributed by atoms with Gasteiger partial charge in [0.2, 0.25) is 5.78 Å². The maximum Gasteiger partial charge on any atom is 0.205 e. The van der Waals surface area contributed by atoms with Gasteiger partial charge < -0.3 is 5.73 Å². The lowest BCUT2D eigenvalue weighted by Gasteiger charge is -2.15. The molecule has 0 spiro atoms. The molecule has 0 saturated carbocycles. The molecule has 1 aromatic carbocycles. The molecule has 94 valence electrons. The Morgan fingerprint density at radius 2 is 1.78 bits per heavy atom. The van der Waals surface area contributed by atoms with Crippen LogP contribution in [0.3, 0.4) is 0 Å². The molecule has 18 heavy (non-hydrogen) atoms. The highest BCUT2D eigenvalue weighted by atomic mass is 32.1. The Morgan fingerprint density at radius 1 is 1.11 bits per heavy atom. The standard InChI is InChI=1S/C15H17NOS/c1-15(2,3)13-9-8-12(18-13)14(17)10-6-4-5-7-11(10)16/h4-9H,16H2,1-3H3. The fraction of sp³-hybridized carbons (Fsp3) is 0.267. The first-order chi connectivity index (χ1) is 8.39. The van der Waals surface area contributed by atoms with E-state index in [1.165, 1.54) is 4.88 Å². The van der Waals surface area contributed by atoms with Crippen LogP contribution < -0.4 is 5.73 Å². The van der Waals surface area contributed by atoms with Crippen molar-refractivity contribution in [2.24, 2.45) is 0 Å². The van der Waals surface area contributed by atoms with Gasteiger partial charge in [-0.2, -0.15) is 0 Å². The summed E-state index contributed by atoms with van der Waals surface area (Å²) in [5.41, 5.74) is 7.03. The average molecular weight is 259 g/mol. The molecule has 2 nitrogen and oxygen atoms in total. The maximum absolute atomic E-state index is 12.3. The summed E-state index contributed by atoms with van der Waals surface area (Å²) in [6, 6.07) is 11.1. The minimum Gasteiger partial charge on any atom is -0.398 e. The van der Waals surface area contributed by atoms with Crippen molar-refractivity contribution in [3.05, 3.63) is 51.7 Å². The number of hydrogen-bond donors (Lipinski definition) is 1. The Labute approximate surface area is 111 Å². The summed E-state index contributed by atoms with van der Waals surface area (Å²) in [6.07, 6.45) is 0. The molecule has 0 aliphatic heterocycles. The predicted octanol–water partition coefficient (Wildman–Crippen LogP) is 3.86. The van der Waals surface area contributed by atoms with Gasteiger partial charge in [0.15, 0.2) is 0 Å². The maximum atomic E-state index is 12.3. The zero-order valence-electron chi connectivity index (χ0n) is 10.9. The van der Waals surface area contributed by atoms with Crippen molar-refractivity contribution >= 4 is 22.8 Å². The van der Waals surface area contributed by atoms with Crippen LogP contribution in [-0.2, 0) is 5.41 Å². The topological polar surface area (TPSA) is 43.1 Å². The minimum atomic E-state index is 0.00796. The summed E-state index contributed by atoms with van der Waals surface area (Å²) >= 11 is 1.55. The Bertz CT molecular complexity index is 578. The van der Waals surface area contributed by atoms with Gasteiger partial charge in [-0.3, -0.25) is 4.79 Å². The van der Waals surface area contributed by atoms with E-state index in [0.717, 1.165) is 4.88 Å². The van der Waals surface area contributed by atoms with Crippen molar-refractivity contribution in [3.8, 4) is 0 Å². The minimum absolute atomic E-state index is 0.00796. The molecule has 2 N–H and O–H groups in total. The summed E-state index contributed by atoms with van der Waals surface area (Å²) in [5.74, 6) is 0.00796. The number of thiophene rings is 1. The number of carbonyl (C=O) groups excluding carboxylic acids is 1. The van der Waals surface area contributed by atoms with E-state index < -0.39 is 0 Å². The molecule has 0 fully saturated rings. The second kappa shape index (κ2) is 4.58. The molecule has 0 bridgehead atoms. The number of para-hydroxylation sites is 1.